The quantitative estimate of drug-likeness (QED) is 0.656. The van der Waals surface area contributed by atoms with Gasteiger partial charge >= 0.3 is 0 Å². The lowest BCUT2D eigenvalue weighted by Gasteiger charge is -1.98. The zero-order valence-electron chi connectivity index (χ0n) is 7.17. The largest absolute Gasteiger partial charge is 0.497 e. The van der Waals surface area contributed by atoms with E-state index in [-0.39, 0.29) is 5.83 Å². The summed E-state index contributed by atoms with van der Waals surface area (Å²) in [6.07, 6.45) is 1.47. The SMILES string of the molecule is COc1ccc(C=C(C)F)cc1. The topological polar surface area (TPSA) is 9.23 Å². The van der Waals surface area contributed by atoms with Crippen molar-refractivity contribution in [2.24, 2.45) is 0 Å². The molecule has 2 heteroatoms. The molecule has 0 saturated carbocycles. The maximum absolute atomic E-state index is 12.4. The second kappa shape index (κ2) is 3.90. The third kappa shape index (κ3) is 2.38. The predicted octanol–water partition coefficient (Wildman–Crippen LogP) is 3.03. The summed E-state index contributed by atoms with van der Waals surface area (Å²) in [5.41, 5.74) is 0.843. The summed E-state index contributed by atoms with van der Waals surface area (Å²) in [5.74, 6) is 0.587. The first kappa shape index (κ1) is 8.78. The van der Waals surface area contributed by atoms with E-state index < -0.39 is 0 Å². The molecule has 1 nitrogen and oxygen atoms in total. The number of ether oxygens (including phenoxy) is 1. The zero-order chi connectivity index (χ0) is 8.97. The minimum absolute atomic E-state index is 0.194. The minimum atomic E-state index is -0.194. The molecule has 12 heavy (non-hydrogen) atoms. The van der Waals surface area contributed by atoms with E-state index in [0.717, 1.165) is 11.3 Å². The number of allylic oxidation sites excluding steroid dienone is 1. The lowest BCUT2D eigenvalue weighted by atomic mass is 10.2. The van der Waals surface area contributed by atoms with Crippen LogP contribution >= 0.6 is 0 Å². The van der Waals surface area contributed by atoms with Crippen LogP contribution in [0.15, 0.2) is 30.1 Å². The fraction of sp³-hybridized carbons (Fsp3) is 0.200. The molecular formula is C10H11FO. The van der Waals surface area contributed by atoms with Gasteiger partial charge in [0.2, 0.25) is 0 Å². The van der Waals surface area contributed by atoms with Gasteiger partial charge in [-0.1, -0.05) is 12.1 Å². The molecule has 0 aliphatic rings. The monoisotopic (exact) mass is 166 g/mol. The summed E-state index contributed by atoms with van der Waals surface area (Å²) >= 11 is 0. The van der Waals surface area contributed by atoms with Crippen molar-refractivity contribution in [2.45, 2.75) is 6.92 Å². The summed E-state index contributed by atoms with van der Waals surface area (Å²) in [6, 6.07) is 7.22. The number of hydrogen-bond donors (Lipinski definition) is 0. The van der Waals surface area contributed by atoms with Gasteiger partial charge in [0.1, 0.15) is 5.75 Å². The van der Waals surface area contributed by atoms with E-state index in [1.54, 1.807) is 19.2 Å². The van der Waals surface area contributed by atoms with E-state index in [1.165, 1.54) is 13.0 Å². The van der Waals surface area contributed by atoms with Gasteiger partial charge in [-0.05, 0) is 30.7 Å². The molecule has 0 aromatic heterocycles. The fourth-order valence-corrected chi connectivity index (χ4v) is 0.930. The van der Waals surface area contributed by atoms with Crippen LogP contribution in [0.4, 0.5) is 4.39 Å². The lowest BCUT2D eigenvalue weighted by molar-refractivity contribution is 0.415. The standard InChI is InChI=1S/C10H11FO/c1-8(11)7-9-3-5-10(12-2)6-4-9/h3-7H,1-2H3. The van der Waals surface area contributed by atoms with Crippen LogP contribution in [0.5, 0.6) is 5.75 Å². The first-order valence-corrected chi connectivity index (χ1v) is 3.70. The average Bonchev–Trinajstić information content (AvgIpc) is 2.05. The Hall–Kier alpha value is -1.31. The molecule has 0 radical (unpaired) electrons. The van der Waals surface area contributed by atoms with Crippen LogP contribution in [0, 0.1) is 0 Å². The lowest BCUT2D eigenvalue weighted by Crippen LogP contribution is -1.81. The van der Waals surface area contributed by atoms with Crippen LogP contribution < -0.4 is 4.74 Å². The van der Waals surface area contributed by atoms with Crippen molar-refractivity contribution >= 4 is 6.08 Å². The van der Waals surface area contributed by atoms with Crippen molar-refractivity contribution < 1.29 is 9.13 Å². The van der Waals surface area contributed by atoms with Gasteiger partial charge in [0.15, 0.2) is 0 Å². The van der Waals surface area contributed by atoms with Gasteiger partial charge in [0.05, 0.1) is 12.9 Å². The van der Waals surface area contributed by atoms with Crippen molar-refractivity contribution in [3.8, 4) is 5.75 Å². The highest BCUT2D eigenvalue weighted by Crippen LogP contribution is 2.13. The van der Waals surface area contributed by atoms with E-state index in [2.05, 4.69) is 0 Å². The summed E-state index contributed by atoms with van der Waals surface area (Å²) in [5, 5.41) is 0. The molecule has 0 atom stereocenters. The molecular weight excluding hydrogens is 155 g/mol. The van der Waals surface area contributed by atoms with Crippen molar-refractivity contribution in [1.82, 2.24) is 0 Å². The Morgan fingerprint density at radius 3 is 2.33 bits per heavy atom. The molecule has 0 fully saturated rings. The molecule has 0 amide bonds. The Labute approximate surface area is 71.5 Å². The fourth-order valence-electron chi connectivity index (χ4n) is 0.930. The molecule has 0 bridgehead atoms. The van der Waals surface area contributed by atoms with Gasteiger partial charge in [-0.2, -0.15) is 0 Å². The highest BCUT2D eigenvalue weighted by atomic mass is 19.1. The van der Waals surface area contributed by atoms with Crippen LogP contribution in [0.3, 0.4) is 0 Å². The Morgan fingerprint density at radius 2 is 1.92 bits per heavy atom. The van der Waals surface area contributed by atoms with Crippen LogP contribution in [0.2, 0.25) is 0 Å². The maximum Gasteiger partial charge on any atom is 0.118 e. The molecule has 0 aliphatic carbocycles. The second-order valence-electron chi connectivity index (χ2n) is 2.50. The highest BCUT2D eigenvalue weighted by Gasteiger charge is 1.91. The van der Waals surface area contributed by atoms with Crippen molar-refractivity contribution in [3.63, 3.8) is 0 Å². The van der Waals surface area contributed by atoms with E-state index in [0.29, 0.717) is 0 Å². The average molecular weight is 166 g/mol. The molecule has 1 aromatic carbocycles. The molecule has 0 unspecified atom stereocenters. The first-order valence-electron chi connectivity index (χ1n) is 3.70. The molecule has 1 rings (SSSR count). The minimum Gasteiger partial charge on any atom is -0.497 e. The van der Waals surface area contributed by atoms with Gasteiger partial charge < -0.3 is 4.74 Å². The van der Waals surface area contributed by atoms with Gasteiger partial charge in [-0.15, -0.1) is 0 Å². The first-order chi connectivity index (χ1) is 5.72. The Bertz CT molecular complexity index is 270. The maximum atomic E-state index is 12.4. The highest BCUT2D eigenvalue weighted by molar-refractivity contribution is 5.51. The van der Waals surface area contributed by atoms with Gasteiger partial charge in [0.25, 0.3) is 0 Å². The number of methoxy groups -OCH3 is 1. The zero-order valence-corrected chi connectivity index (χ0v) is 7.17. The van der Waals surface area contributed by atoms with E-state index >= 15 is 0 Å². The van der Waals surface area contributed by atoms with Crippen LogP contribution in [0.1, 0.15) is 12.5 Å². The number of hydrogen-bond acceptors (Lipinski definition) is 1. The molecule has 0 heterocycles. The number of halogens is 1. The Kier molecular flexibility index (Phi) is 2.86. The predicted molar refractivity (Wildman–Crippen MR) is 47.8 cm³/mol. The van der Waals surface area contributed by atoms with E-state index in [9.17, 15) is 4.39 Å². The van der Waals surface area contributed by atoms with Gasteiger partial charge in [-0.3, -0.25) is 0 Å². The van der Waals surface area contributed by atoms with Crippen LogP contribution in [-0.2, 0) is 0 Å². The third-order valence-electron chi connectivity index (χ3n) is 1.48. The molecule has 0 spiro atoms. The van der Waals surface area contributed by atoms with Crippen molar-refractivity contribution in [2.75, 3.05) is 7.11 Å². The molecule has 1 aromatic rings. The molecule has 0 aliphatic heterocycles. The normalized spacial score (nSPS) is 11.4. The van der Waals surface area contributed by atoms with Crippen molar-refractivity contribution in [1.29, 1.82) is 0 Å². The van der Waals surface area contributed by atoms with Gasteiger partial charge in [0, 0.05) is 0 Å². The summed E-state index contributed by atoms with van der Waals surface area (Å²) < 4.78 is 17.4. The number of benzene rings is 1. The van der Waals surface area contributed by atoms with Gasteiger partial charge in [-0.25, -0.2) is 4.39 Å². The summed E-state index contributed by atoms with van der Waals surface area (Å²) in [4.78, 5) is 0. The van der Waals surface area contributed by atoms with E-state index in [4.69, 9.17) is 4.74 Å². The second-order valence-corrected chi connectivity index (χ2v) is 2.50. The smallest absolute Gasteiger partial charge is 0.118 e. The Balaban J connectivity index is 2.85. The summed E-state index contributed by atoms with van der Waals surface area (Å²) in [7, 11) is 1.60. The number of rotatable bonds is 2. The van der Waals surface area contributed by atoms with Crippen molar-refractivity contribution in [3.05, 3.63) is 35.7 Å². The molecule has 0 N–H and O–H groups in total. The van der Waals surface area contributed by atoms with E-state index in [1.807, 2.05) is 12.1 Å². The Morgan fingerprint density at radius 1 is 1.33 bits per heavy atom. The summed E-state index contributed by atoms with van der Waals surface area (Å²) in [6.45, 7) is 1.42. The van der Waals surface area contributed by atoms with Crippen LogP contribution in [0.25, 0.3) is 6.08 Å². The molecule has 64 valence electrons. The van der Waals surface area contributed by atoms with Crippen LogP contribution in [-0.4, -0.2) is 7.11 Å². The third-order valence-corrected chi connectivity index (χ3v) is 1.48. The molecule has 0 saturated heterocycles.